The molecular formula is C23H24ClN3O3S. The molecule has 0 aliphatic carbocycles. The minimum atomic E-state index is -0.445. The molecule has 0 bridgehead atoms. The fraction of sp³-hybridized carbons (Fsp3) is 0.261. The maximum absolute atomic E-state index is 12.2. The molecule has 3 aromatic rings. The van der Waals surface area contributed by atoms with E-state index in [9.17, 15) is 9.59 Å². The molecule has 0 aliphatic heterocycles. The summed E-state index contributed by atoms with van der Waals surface area (Å²) in [6, 6.07) is 13.3. The van der Waals surface area contributed by atoms with Crippen molar-refractivity contribution in [3.05, 3.63) is 69.7 Å². The Labute approximate surface area is 190 Å². The lowest BCUT2D eigenvalue weighted by Gasteiger charge is -2.15. The summed E-state index contributed by atoms with van der Waals surface area (Å²) in [6.45, 7) is 5.89. The SMILES string of the molecule is Cc1ccc(C(C)C)c(OCC(=O)NNC(=O)Cc2csc(-c3ccccc3Cl)n2)c1. The van der Waals surface area contributed by atoms with Crippen LogP contribution in [0, 0.1) is 6.92 Å². The largest absolute Gasteiger partial charge is 0.483 e. The fourth-order valence-corrected chi connectivity index (χ4v) is 4.06. The highest BCUT2D eigenvalue weighted by Crippen LogP contribution is 2.30. The molecule has 8 heteroatoms. The van der Waals surface area contributed by atoms with Crippen LogP contribution >= 0.6 is 22.9 Å². The number of benzene rings is 2. The maximum atomic E-state index is 12.2. The van der Waals surface area contributed by atoms with Crippen molar-refractivity contribution in [3.8, 4) is 16.3 Å². The number of thiazole rings is 1. The van der Waals surface area contributed by atoms with Crippen molar-refractivity contribution in [1.29, 1.82) is 0 Å². The van der Waals surface area contributed by atoms with Crippen LogP contribution in [0.5, 0.6) is 5.75 Å². The number of ether oxygens (including phenoxy) is 1. The Hall–Kier alpha value is -2.90. The minimum Gasteiger partial charge on any atom is -0.483 e. The number of amides is 2. The summed E-state index contributed by atoms with van der Waals surface area (Å²) in [5, 5.41) is 3.15. The lowest BCUT2D eigenvalue weighted by molar-refractivity contribution is -0.129. The smallest absolute Gasteiger partial charge is 0.276 e. The Balaban J connectivity index is 1.49. The number of aromatic nitrogens is 1. The molecule has 0 saturated heterocycles. The second-order valence-electron chi connectivity index (χ2n) is 7.38. The topological polar surface area (TPSA) is 80.3 Å². The zero-order chi connectivity index (χ0) is 22.4. The lowest BCUT2D eigenvalue weighted by Crippen LogP contribution is -2.44. The number of nitrogens with zero attached hydrogens (tertiary/aromatic N) is 1. The number of hydrazine groups is 1. The molecule has 6 nitrogen and oxygen atoms in total. The van der Waals surface area contributed by atoms with Gasteiger partial charge in [-0.2, -0.15) is 0 Å². The highest BCUT2D eigenvalue weighted by molar-refractivity contribution is 7.13. The van der Waals surface area contributed by atoms with E-state index in [0.29, 0.717) is 16.5 Å². The Morgan fingerprint density at radius 2 is 1.87 bits per heavy atom. The van der Waals surface area contributed by atoms with Crippen molar-refractivity contribution >= 4 is 34.8 Å². The van der Waals surface area contributed by atoms with Gasteiger partial charge in [-0.3, -0.25) is 20.4 Å². The lowest BCUT2D eigenvalue weighted by atomic mass is 10.0. The predicted octanol–water partition coefficient (Wildman–Crippen LogP) is 4.66. The van der Waals surface area contributed by atoms with E-state index >= 15 is 0 Å². The summed E-state index contributed by atoms with van der Waals surface area (Å²) in [6.07, 6.45) is 0.0392. The third-order valence-corrected chi connectivity index (χ3v) is 5.74. The number of halogens is 1. The third kappa shape index (κ3) is 6.29. The van der Waals surface area contributed by atoms with Gasteiger partial charge in [0.1, 0.15) is 10.8 Å². The van der Waals surface area contributed by atoms with E-state index in [1.54, 1.807) is 11.4 Å². The van der Waals surface area contributed by atoms with E-state index in [0.717, 1.165) is 21.7 Å². The van der Waals surface area contributed by atoms with Gasteiger partial charge in [-0.05, 0) is 36.1 Å². The summed E-state index contributed by atoms with van der Waals surface area (Å²) in [7, 11) is 0. The zero-order valence-electron chi connectivity index (χ0n) is 17.6. The summed E-state index contributed by atoms with van der Waals surface area (Å²) >= 11 is 7.61. The van der Waals surface area contributed by atoms with Gasteiger partial charge in [0, 0.05) is 10.9 Å². The van der Waals surface area contributed by atoms with E-state index in [4.69, 9.17) is 16.3 Å². The average Bonchev–Trinajstić information content (AvgIpc) is 3.19. The molecule has 0 atom stereocenters. The monoisotopic (exact) mass is 457 g/mol. The number of aryl methyl sites for hydroxylation is 1. The molecule has 162 valence electrons. The average molecular weight is 458 g/mol. The molecule has 0 fully saturated rings. The fourth-order valence-electron chi connectivity index (χ4n) is 2.92. The van der Waals surface area contributed by atoms with E-state index in [1.165, 1.54) is 11.3 Å². The summed E-state index contributed by atoms with van der Waals surface area (Å²) < 4.78 is 5.67. The van der Waals surface area contributed by atoms with E-state index in [1.807, 2.05) is 43.3 Å². The van der Waals surface area contributed by atoms with Crippen LogP contribution in [-0.2, 0) is 16.0 Å². The molecule has 0 aliphatic rings. The molecule has 1 aromatic heterocycles. The highest BCUT2D eigenvalue weighted by Gasteiger charge is 2.13. The van der Waals surface area contributed by atoms with Crippen LogP contribution in [0.25, 0.3) is 10.6 Å². The molecule has 0 saturated carbocycles. The van der Waals surface area contributed by atoms with Crippen molar-refractivity contribution < 1.29 is 14.3 Å². The van der Waals surface area contributed by atoms with Crippen molar-refractivity contribution in [2.75, 3.05) is 6.61 Å². The molecule has 2 aromatic carbocycles. The molecule has 0 spiro atoms. The number of carbonyl (C=O) groups excluding carboxylic acids is 2. The standard InChI is InChI=1S/C23H24ClN3O3S/c1-14(2)17-9-8-15(3)10-20(17)30-12-22(29)27-26-21(28)11-16-13-31-23(25-16)18-6-4-5-7-19(18)24/h4-10,13-14H,11-12H2,1-3H3,(H,26,28)(H,27,29). The number of hydrogen-bond donors (Lipinski definition) is 2. The molecule has 1 heterocycles. The Kier molecular flexibility index (Phi) is 7.65. The van der Waals surface area contributed by atoms with E-state index in [-0.39, 0.29) is 24.9 Å². The number of hydrogen-bond acceptors (Lipinski definition) is 5. The van der Waals surface area contributed by atoms with Gasteiger partial charge in [-0.1, -0.05) is 55.8 Å². The van der Waals surface area contributed by atoms with Crippen LogP contribution in [0.3, 0.4) is 0 Å². The van der Waals surface area contributed by atoms with Crippen molar-refractivity contribution in [3.63, 3.8) is 0 Å². The highest BCUT2D eigenvalue weighted by atomic mass is 35.5. The minimum absolute atomic E-state index is 0.0392. The summed E-state index contributed by atoms with van der Waals surface area (Å²) in [4.78, 5) is 28.7. The Morgan fingerprint density at radius 3 is 2.61 bits per heavy atom. The van der Waals surface area contributed by atoms with Crippen LogP contribution in [0.15, 0.2) is 47.8 Å². The van der Waals surface area contributed by atoms with Gasteiger partial charge in [0.05, 0.1) is 17.1 Å². The van der Waals surface area contributed by atoms with Gasteiger partial charge in [-0.15, -0.1) is 11.3 Å². The Morgan fingerprint density at radius 1 is 1.13 bits per heavy atom. The van der Waals surface area contributed by atoms with Gasteiger partial charge < -0.3 is 4.74 Å². The molecule has 31 heavy (non-hydrogen) atoms. The first-order chi connectivity index (χ1) is 14.8. The van der Waals surface area contributed by atoms with Crippen LogP contribution in [0.4, 0.5) is 0 Å². The van der Waals surface area contributed by atoms with Gasteiger partial charge in [0.25, 0.3) is 5.91 Å². The normalized spacial score (nSPS) is 10.7. The van der Waals surface area contributed by atoms with E-state index < -0.39 is 5.91 Å². The van der Waals surface area contributed by atoms with Crippen LogP contribution in [-0.4, -0.2) is 23.4 Å². The van der Waals surface area contributed by atoms with Gasteiger partial charge in [0.15, 0.2) is 6.61 Å². The first kappa shape index (κ1) is 22.8. The molecule has 3 rings (SSSR count). The first-order valence-corrected chi connectivity index (χ1v) is 11.1. The molecule has 0 radical (unpaired) electrons. The van der Waals surface area contributed by atoms with Gasteiger partial charge in [-0.25, -0.2) is 4.98 Å². The third-order valence-electron chi connectivity index (χ3n) is 4.49. The second kappa shape index (κ2) is 10.4. The van der Waals surface area contributed by atoms with Crippen molar-refractivity contribution in [2.45, 2.75) is 33.1 Å². The van der Waals surface area contributed by atoms with Gasteiger partial charge >= 0.3 is 0 Å². The Bertz CT molecular complexity index is 1080. The summed E-state index contributed by atoms with van der Waals surface area (Å²) in [5.74, 6) is 0.126. The maximum Gasteiger partial charge on any atom is 0.276 e. The van der Waals surface area contributed by atoms with Crippen molar-refractivity contribution in [1.82, 2.24) is 15.8 Å². The van der Waals surface area contributed by atoms with Crippen LogP contribution in [0.2, 0.25) is 5.02 Å². The molecule has 2 amide bonds. The van der Waals surface area contributed by atoms with E-state index in [2.05, 4.69) is 29.7 Å². The zero-order valence-corrected chi connectivity index (χ0v) is 19.1. The van der Waals surface area contributed by atoms with Crippen LogP contribution < -0.4 is 15.6 Å². The van der Waals surface area contributed by atoms with Gasteiger partial charge in [0.2, 0.25) is 5.91 Å². The first-order valence-electron chi connectivity index (χ1n) is 9.84. The summed E-state index contributed by atoms with van der Waals surface area (Å²) in [5.41, 5.74) is 8.27. The van der Waals surface area contributed by atoms with Crippen LogP contribution in [0.1, 0.15) is 36.6 Å². The molecule has 2 N–H and O–H groups in total. The number of nitrogens with one attached hydrogen (secondary N) is 2. The number of rotatable bonds is 7. The molecular weight excluding hydrogens is 434 g/mol. The number of carbonyl (C=O) groups is 2. The second-order valence-corrected chi connectivity index (χ2v) is 8.65. The predicted molar refractivity (Wildman–Crippen MR) is 123 cm³/mol. The quantitative estimate of drug-likeness (QED) is 0.505. The van der Waals surface area contributed by atoms with Crippen molar-refractivity contribution in [2.24, 2.45) is 0 Å². The molecule has 0 unspecified atom stereocenters.